The second-order valence-corrected chi connectivity index (χ2v) is 21.8. The van der Waals surface area contributed by atoms with Crippen LogP contribution in [0.2, 0.25) is 36.3 Å². The van der Waals surface area contributed by atoms with E-state index in [2.05, 4.69) is 72.7 Å². The first-order valence-electron chi connectivity index (χ1n) is 11.7. The van der Waals surface area contributed by atoms with Gasteiger partial charge >= 0.3 is 5.69 Å². The molecular formula is C23H43N3O5Si2. The van der Waals surface area contributed by atoms with E-state index in [4.69, 9.17) is 19.3 Å². The Bertz CT molecular complexity index is 849. The van der Waals surface area contributed by atoms with Gasteiger partial charge in [0, 0.05) is 31.2 Å². The molecule has 0 aliphatic heterocycles. The number of pyridine rings is 1. The number of nitrogens with two attached hydrogens (primary N) is 1. The highest BCUT2D eigenvalue weighted by Gasteiger charge is 2.46. The lowest BCUT2D eigenvalue weighted by molar-refractivity contribution is -0.385. The molecule has 0 bridgehead atoms. The topological polar surface area (TPSA) is 110 Å². The molecule has 1 aliphatic rings. The van der Waals surface area contributed by atoms with E-state index >= 15 is 0 Å². The van der Waals surface area contributed by atoms with E-state index in [-0.39, 0.29) is 45.5 Å². The minimum absolute atomic E-state index is 0.0149. The Morgan fingerprint density at radius 2 is 1.67 bits per heavy atom. The summed E-state index contributed by atoms with van der Waals surface area (Å²) in [4.78, 5) is 14.8. The smallest absolute Gasteiger partial charge is 0.352 e. The van der Waals surface area contributed by atoms with Crippen LogP contribution in [0.5, 0.6) is 5.75 Å². The van der Waals surface area contributed by atoms with Crippen LogP contribution in [0.15, 0.2) is 12.3 Å². The Kier molecular flexibility index (Phi) is 8.10. The number of ether oxygens (including phenoxy) is 1. The summed E-state index contributed by atoms with van der Waals surface area (Å²) < 4.78 is 19.5. The van der Waals surface area contributed by atoms with E-state index in [9.17, 15) is 10.1 Å². The van der Waals surface area contributed by atoms with Crippen LogP contribution in [-0.2, 0) is 8.85 Å². The number of hydrogen-bond acceptors (Lipinski definition) is 7. The molecule has 3 atom stereocenters. The molecule has 0 aromatic carbocycles. The highest BCUT2D eigenvalue weighted by Crippen LogP contribution is 2.44. The number of hydrogen-bond donors (Lipinski definition) is 1. The van der Waals surface area contributed by atoms with Gasteiger partial charge in [-0.15, -0.1) is 0 Å². The molecule has 1 saturated carbocycles. The molecule has 2 N–H and O–H groups in total. The molecule has 1 aromatic heterocycles. The van der Waals surface area contributed by atoms with Crippen molar-refractivity contribution in [2.75, 3.05) is 12.3 Å². The molecular weight excluding hydrogens is 454 g/mol. The monoisotopic (exact) mass is 497 g/mol. The van der Waals surface area contributed by atoms with Crippen LogP contribution in [0, 0.1) is 16.0 Å². The molecule has 0 amide bonds. The van der Waals surface area contributed by atoms with Gasteiger partial charge in [-0.2, -0.15) is 0 Å². The van der Waals surface area contributed by atoms with Crippen LogP contribution in [0.4, 0.5) is 11.5 Å². The first-order chi connectivity index (χ1) is 14.9. The Morgan fingerprint density at radius 3 is 2.18 bits per heavy atom. The first kappa shape index (κ1) is 27.7. The molecule has 10 heteroatoms. The second kappa shape index (κ2) is 9.63. The predicted octanol–water partition coefficient (Wildman–Crippen LogP) is 6.14. The van der Waals surface area contributed by atoms with Crippen LogP contribution in [-0.4, -0.2) is 45.4 Å². The number of nitrogen functional groups attached to an aromatic ring is 1. The standard InChI is InChI=1S/C23H43N3O5Si2/c1-22(2,3)32(7,8)29-15-16-13-17(14-19(16)31-33(9,10)23(4,5)6)30-18-11-12-25-21(24)20(18)26(27)28/h11-12,16-17,19H,13-15H2,1-10H3,(H2,24,25)/t16-,17+,19-/m0/s1. The van der Waals surface area contributed by atoms with Gasteiger partial charge in [-0.05, 0) is 42.7 Å². The van der Waals surface area contributed by atoms with Crippen molar-refractivity contribution in [2.24, 2.45) is 5.92 Å². The number of nitro groups is 1. The summed E-state index contributed by atoms with van der Waals surface area (Å²) in [6, 6.07) is 1.51. The third-order valence-electron chi connectivity index (χ3n) is 7.70. The lowest BCUT2D eigenvalue weighted by Gasteiger charge is -2.41. The van der Waals surface area contributed by atoms with E-state index < -0.39 is 21.6 Å². The van der Waals surface area contributed by atoms with Gasteiger partial charge in [-0.25, -0.2) is 4.98 Å². The molecule has 1 aliphatic carbocycles. The maximum absolute atomic E-state index is 11.5. The normalized spacial score (nSPS) is 22.4. The molecule has 1 heterocycles. The summed E-state index contributed by atoms with van der Waals surface area (Å²) in [5.41, 5.74) is 5.47. The fraction of sp³-hybridized carbons (Fsp3) is 0.783. The number of rotatable bonds is 8. The van der Waals surface area contributed by atoms with Crippen molar-refractivity contribution in [3.8, 4) is 5.75 Å². The van der Waals surface area contributed by atoms with Gasteiger partial charge in [-0.1, -0.05) is 41.5 Å². The number of anilines is 1. The summed E-state index contributed by atoms with van der Waals surface area (Å²) in [6.45, 7) is 23.0. The molecule has 0 radical (unpaired) electrons. The van der Waals surface area contributed by atoms with Crippen LogP contribution < -0.4 is 10.5 Å². The minimum Gasteiger partial charge on any atom is -0.483 e. The Balaban J connectivity index is 2.26. The van der Waals surface area contributed by atoms with Crippen LogP contribution in [0.1, 0.15) is 54.4 Å². The molecule has 8 nitrogen and oxygen atoms in total. The zero-order chi connectivity index (χ0) is 25.4. The summed E-state index contributed by atoms with van der Waals surface area (Å²) in [5, 5.41) is 11.7. The SMILES string of the molecule is CC(C)(C)[Si](C)(C)OC[C@@H]1C[C@@H](Oc2ccnc(N)c2[N+](=O)[O-])C[C@@H]1O[Si](C)(C)C(C)(C)C. The van der Waals surface area contributed by atoms with Crippen molar-refractivity contribution in [3.63, 3.8) is 0 Å². The molecule has 1 aromatic rings. The van der Waals surface area contributed by atoms with Gasteiger partial charge in [-0.3, -0.25) is 10.1 Å². The average Bonchev–Trinajstić information content (AvgIpc) is 2.98. The Labute approximate surface area is 201 Å². The van der Waals surface area contributed by atoms with E-state index in [0.29, 0.717) is 19.4 Å². The molecule has 1 fully saturated rings. The highest BCUT2D eigenvalue weighted by molar-refractivity contribution is 6.74. The fourth-order valence-corrected chi connectivity index (χ4v) is 5.91. The largest absolute Gasteiger partial charge is 0.483 e. The first-order valence-corrected chi connectivity index (χ1v) is 17.5. The average molecular weight is 498 g/mol. The van der Waals surface area contributed by atoms with E-state index in [1.807, 2.05) is 0 Å². The van der Waals surface area contributed by atoms with E-state index in [1.54, 1.807) is 0 Å². The molecule has 0 spiro atoms. The third-order valence-corrected chi connectivity index (χ3v) is 16.7. The van der Waals surface area contributed by atoms with Gasteiger partial charge in [0.1, 0.15) is 6.10 Å². The van der Waals surface area contributed by atoms with Crippen molar-refractivity contribution in [3.05, 3.63) is 22.4 Å². The van der Waals surface area contributed by atoms with Crippen molar-refractivity contribution in [2.45, 2.75) is 103 Å². The number of nitrogens with zero attached hydrogens (tertiary/aromatic N) is 2. The molecule has 0 saturated heterocycles. The molecule has 0 unspecified atom stereocenters. The Morgan fingerprint density at radius 1 is 1.09 bits per heavy atom. The fourth-order valence-electron chi connectivity index (χ4n) is 3.45. The Hall–Kier alpha value is -1.50. The summed E-state index contributed by atoms with van der Waals surface area (Å²) in [6.07, 6.45) is 2.59. The minimum atomic E-state index is -2.02. The molecule has 33 heavy (non-hydrogen) atoms. The second-order valence-electron chi connectivity index (χ2n) is 12.3. The van der Waals surface area contributed by atoms with Gasteiger partial charge in [0.15, 0.2) is 16.6 Å². The lowest BCUT2D eigenvalue weighted by atomic mass is 10.1. The maximum atomic E-state index is 11.5. The van der Waals surface area contributed by atoms with Crippen LogP contribution in [0.3, 0.4) is 0 Å². The zero-order valence-corrected chi connectivity index (χ0v) is 24.0. The number of aromatic nitrogens is 1. The van der Waals surface area contributed by atoms with Gasteiger partial charge < -0.3 is 19.3 Å². The lowest BCUT2D eigenvalue weighted by Crippen LogP contribution is -2.46. The highest BCUT2D eigenvalue weighted by atomic mass is 28.4. The quantitative estimate of drug-likeness (QED) is 0.261. The van der Waals surface area contributed by atoms with Crippen molar-refractivity contribution in [1.82, 2.24) is 4.98 Å². The van der Waals surface area contributed by atoms with Crippen molar-refractivity contribution < 1.29 is 18.5 Å². The third kappa shape index (κ3) is 6.55. The summed E-state index contributed by atoms with van der Waals surface area (Å²) in [7, 11) is -3.94. The van der Waals surface area contributed by atoms with Crippen LogP contribution in [0.25, 0.3) is 0 Å². The van der Waals surface area contributed by atoms with E-state index in [1.165, 1.54) is 12.3 Å². The molecule has 188 valence electrons. The molecule has 2 rings (SSSR count). The van der Waals surface area contributed by atoms with Gasteiger partial charge in [0.2, 0.25) is 11.6 Å². The van der Waals surface area contributed by atoms with Crippen molar-refractivity contribution >= 4 is 28.1 Å². The maximum Gasteiger partial charge on any atom is 0.352 e. The zero-order valence-electron chi connectivity index (χ0n) is 22.0. The van der Waals surface area contributed by atoms with Crippen LogP contribution >= 0.6 is 0 Å². The summed E-state index contributed by atoms with van der Waals surface area (Å²) >= 11 is 0. The summed E-state index contributed by atoms with van der Waals surface area (Å²) in [5.74, 6) is 0.188. The van der Waals surface area contributed by atoms with Crippen molar-refractivity contribution in [1.29, 1.82) is 0 Å². The van der Waals surface area contributed by atoms with Gasteiger partial charge in [0.05, 0.1) is 11.0 Å². The van der Waals surface area contributed by atoms with Gasteiger partial charge in [0.25, 0.3) is 0 Å². The van der Waals surface area contributed by atoms with E-state index in [0.717, 1.165) is 0 Å². The predicted molar refractivity (Wildman–Crippen MR) is 138 cm³/mol.